The van der Waals surface area contributed by atoms with Gasteiger partial charge in [0.15, 0.2) is 0 Å². The first kappa shape index (κ1) is 14.4. The Morgan fingerprint density at radius 3 is 2.79 bits per heavy atom. The molecule has 2 rings (SSSR count). The molecule has 19 heavy (non-hydrogen) atoms. The van der Waals surface area contributed by atoms with Crippen molar-refractivity contribution >= 4 is 0 Å². The standard InChI is InChI=1S/C17H27NO/c1-3-19-17-12-8-7-10-15(17)13-18-16-11-6-4-5-9-14(16)2/h7-8,10,12,14,16,18H,3-6,9,11,13H2,1-2H3. The maximum Gasteiger partial charge on any atom is 0.123 e. The van der Waals surface area contributed by atoms with Crippen LogP contribution in [0.5, 0.6) is 5.75 Å². The first-order chi connectivity index (χ1) is 9.31. The molecule has 0 radical (unpaired) electrons. The summed E-state index contributed by atoms with van der Waals surface area (Å²) in [5.74, 6) is 1.82. The van der Waals surface area contributed by atoms with E-state index in [1.54, 1.807) is 0 Å². The van der Waals surface area contributed by atoms with E-state index in [1.165, 1.54) is 37.7 Å². The Hall–Kier alpha value is -1.02. The second-order valence-corrected chi connectivity index (χ2v) is 5.64. The molecular weight excluding hydrogens is 234 g/mol. The van der Waals surface area contributed by atoms with E-state index >= 15 is 0 Å². The molecule has 1 saturated carbocycles. The molecule has 1 aliphatic carbocycles. The Bertz CT molecular complexity index is 377. The van der Waals surface area contributed by atoms with Crippen LogP contribution in [0.25, 0.3) is 0 Å². The second-order valence-electron chi connectivity index (χ2n) is 5.64. The fourth-order valence-electron chi connectivity index (χ4n) is 2.98. The number of rotatable bonds is 5. The molecule has 1 aromatic rings. The average Bonchev–Trinajstić information content (AvgIpc) is 2.63. The Morgan fingerprint density at radius 2 is 1.95 bits per heavy atom. The predicted molar refractivity (Wildman–Crippen MR) is 80.5 cm³/mol. The lowest BCUT2D eigenvalue weighted by atomic mass is 9.97. The van der Waals surface area contributed by atoms with Gasteiger partial charge in [-0.2, -0.15) is 0 Å². The molecule has 0 aromatic heterocycles. The zero-order chi connectivity index (χ0) is 13.5. The van der Waals surface area contributed by atoms with Crippen LogP contribution in [0.4, 0.5) is 0 Å². The third-order valence-electron chi connectivity index (χ3n) is 4.19. The molecule has 0 heterocycles. The fourth-order valence-corrected chi connectivity index (χ4v) is 2.98. The van der Waals surface area contributed by atoms with Gasteiger partial charge in [0.2, 0.25) is 0 Å². The number of benzene rings is 1. The molecular formula is C17H27NO. The van der Waals surface area contributed by atoms with E-state index in [0.29, 0.717) is 6.04 Å². The fraction of sp³-hybridized carbons (Fsp3) is 0.647. The summed E-state index contributed by atoms with van der Waals surface area (Å²) in [6.07, 6.45) is 6.85. The lowest BCUT2D eigenvalue weighted by molar-refractivity contribution is 0.327. The van der Waals surface area contributed by atoms with Gasteiger partial charge in [-0.05, 0) is 31.7 Å². The SMILES string of the molecule is CCOc1ccccc1CNC1CCCCCC1C. The van der Waals surface area contributed by atoms with Gasteiger partial charge < -0.3 is 10.1 Å². The minimum atomic E-state index is 0.664. The summed E-state index contributed by atoms with van der Waals surface area (Å²) in [5, 5.41) is 3.75. The van der Waals surface area contributed by atoms with Crippen LogP contribution in [0.2, 0.25) is 0 Å². The molecule has 2 unspecified atom stereocenters. The van der Waals surface area contributed by atoms with Crippen LogP contribution in [0.15, 0.2) is 24.3 Å². The van der Waals surface area contributed by atoms with Gasteiger partial charge in [-0.25, -0.2) is 0 Å². The summed E-state index contributed by atoms with van der Waals surface area (Å²) < 4.78 is 5.69. The first-order valence-corrected chi connectivity index (χ1v) is 7.75. The molecule has 2 atom stereocenters. The van der Waals surface area contributed by atoms with Crippen molar-refractivity contribution in [1.82, 2.24) is 5.32 Å². The lowest BCUT2D eigenvalue weighted by Crippen LogP contribution is -2.33. The Balaban J connectivity index is 1.93. The zero-order valence-corrected chi connectivity index (χ0v) is 12.3. The zero-order valence-electron chi connectivity index (χ0n) is 12.3. The van der Waals surface area contributed by atoms with E-state index in [4.69, 9.17) is 4.74 Å². The molecule has 1 aliphatic rings. The first-order valence-electron chi connectivity index (χ1n) is 7.75. The Morgan fingerprint density at radius 1 is 1.16 bits per heavy atom. The Kier molecular flexibility index (Phi) is 5.71. The summed E-state index contributed by atoms with van der Waals surface area (Å²) in [6.45, 7) is 6.08. The maximum atomic E-state index is 5.69. The van der Waals surface area contributed by atoms with Gasteiger partial charge >= 0.3 is 0 Å². The summed E-state index contributed by atoms with van der Waals surface area (Å²) in [7, 11) is 0. The summed E-state index contributed by atoms with van der Waals surface area (Å²) in [5.41, 5.74) is 1.28. The van der Waals surface area contributed by atoms with Crippen molar-refractivity contribution in [3.05, 3.63) is 29.8 Å². The van der Waals surface area contributed by atoms with Crippen LogP contribution in [0.1, 0.15) is 51.5 Å². The number of hydrogen-bond acceptors (Lipinski definition) is 2. The van der Waals surface area contributed by atoms with E-state index in [-0.39, 0.29) is 0 Å². The topological polar surface area (TPSA) is 21.3 Å². The number of hydrogen-bond donors (Lipinski definition) is 1. The largest absolute Gasteiger partial charge is 0.494 e. The van der Waals surface area contributed by atoms with Crippen molar-refractivity contribution in [3.8, 4) is 5.75 Å². The van der Waals surface area contributed by atoms with E-state index < -0.39 is 0 Å². The highest BCUT2D eigenvalue weighted by molar-refractivity contribution is 5.33. The smallest absolute Gasteiger partial charge is 0.123 e. The monoisotopic (exact) mass is 261 g/mol. The highest BCUT2D eigenvalue weighted by Gasteiger charge is 2.19. The normalized spacial score (nSPS) is 23.9. The summed E-state index contributed by atoms with van der Waals surface area (Å²) in [6, 6.07) is 9.03. The molecule has 2 heteroatoms. The summed E-state index contributed by atoms with van der Waals surface area (Å²) >= 11 is 0. The molecule has 106 valence electrons. The highest BCUT2D eigenvalue weighted by Crippen LogP contribution is 2.24. The third-order valence-corrected chi connectivity index (χ3v) is 4.19. The van der Waals surface area contributed by atoms with Crippen LogP contribution in [0, 0.1) is 5.92 Å². The molecule has 1 fully saturated rings. The molecule has 1 aromatic carbocycles. The van der Waals surface area contributed by atoms with Crippen LogP contribution in [-0.2, 0) is 6.54 Å². The number of ether oxygens (including phenoxy) is 1. The van der Waals surface area contributed by atoms with Crippen LogP contribution in [0.3, 0.4) is 0 Å². The molecule has 0 bridgehead atoms. The minimum Gasteiger partial charge on any atom is -0.494 e. The molecule has 0 spiro atoms. The van der Waals surface area contributed by atoms with Gasteiger partial charge in [0.05, 0.1) is 6.61 Å². The van der Waals surface area contributed by atoms with Gasteiger partial charge in [0, 0.05) is 18.2 Å². The van der Waals surface area contributed by atoms with Crippen molar-refractivity contribution in [2.45, 2.75) is 58.5 Å². The van der Waals surface area contributed by atoms with E-state index in [9.17, 15) is 0 Å². The van der Waals surface area contributed by atoms with Crippen LogP contribution in [-0.4, -0.2) is 12.6 Å². The van der Waals surface area contributed by atoms with Gasteiger partial charge in [0.1, 0.15) is 5.75 Å². The number of para-hydroxylation sites is 1. The summed E-state index contributed by atoms with van der Waals surface area (Å²) in [4.78, 5) is 0. The van der Waals surface area contributed by atoms with Crippen LogP contribution < -0.4 is 10.1 Å². The molecule has 2 nitrogen and oxygen atoms in total. The van der Waals surface area contributed by atoms with Gasteiger partial charge in [-0.1, -0.05) is 44.4 Å². The average molecular weight is 261 g/mol. The van der Waals surface area contributed by atoms with Crippen molar-refractivity contribution in [2.24, 2.45) is 5.92 Å². The molecule has 1 N–H and O–H groups in total. The van der Waals surface area contributed by atoms with Crippen LogP contribution >= 0.6 is 0 Å². The quantitative estimate of drug-likeness (QED) is 0.804. The molecule has 0 saturated heterocycles. The lowest BCUT2D eigenvalue weighted by Gasteiger charge is -2.23. The van der Waals surface area contributed by atoms with Crippen molar-refractivity contribution < 1.29 is 4.74 Å². The predicted octanol–water partition coefficient (Wildman–Crippen LogP) is 4.14. The van der Waals surface area contributed by atoms with Crippen molar-refractivity contribution in [2.75, 3.05) is 6.61 Å². The third kappa shape index (κ3) is 4.24. The van der Waals surface area contributed by atoms with Gasteiger partial charge in [0.25, 0.3) is 0 Å². The second kappa shape index (κ2) is 7.54. The van der Waals surface area contributed by atoms with Crippen molar-refractivity contribution in [1.29, 1.82) is 0 Å². The van der Waals surface area contributed by atoms with Gasteiger partial charge in [-0.15, -0.1) is 0 Å². The Labute approximate surface area is 117 Å². The van der Waals surface area contributed by atoms with E-state index in [0.717, 1.165) is 24.8 Å². The van der Waals surface area contributed by atoms with E-state index in [1.807, 2.05) is 13.0 Å². The maximum absolute atomic E-state index is 5.69. The number of nitrogens with one attached hydrogen (secondary N) is 1. The van der Waals surface area contributed by atoms with E-state index in [2.05, 4.69) is 30.4 Å². The molecule has 0 aliphatic heterocycles. The molecule has 0 amide bonds. The van der Waals surface area contributed by atoms with Gasteiger partial charge in [-0.3, -0.25) is 0 Å². The minimum absolute atomic E-state index is 0.664. The van der Waals surface area contributed by atoms with Crippen molar-refractivity contribution in [3.63, 3.8) is 0 Å². The highest BCUT2D eigenvalue weighted by atomic mass is 16.5.